The van der Waals surface area contributed by atoms with Crippen molar-refractivity contribution in [3.63, 3.8) is 0 Å². The van der Waals surface area contributed by atoms with E-state index in [0.29, 0.717) is 22.9 Å². The molecule has 0 saturated heterocycles. The summed E-state index contributed by atoms with van der Waals surface area (Å²) in [5, 5.41) is 9.27. The summed E-state index contributed by atoms with van der Waals surface area (Å²) in [4.78, 5) is 17.0. The molecule has 2 aromatic carbocycles. The Bertz CT molecular complexity index is 1240. The van der Waals surface area contributed by atoms with Gasteiger partial charge in [-0.1, -0.05) is 49.2 Å². The van der Waals surface area contributed by atoms with E-state index in [-0.39, 0.29) is 5.54 Å². The molecule has 0 amide bonds. The molecule has 4 aromatic rings. The lowest BCUT2D eigenvalue weighted by atomic mass is 10.1. The average molecular weight is 446 g/mol. The Balaban J connectivity index is 1.77. The average Bonchev–Trinajstić information content (AvgIpc) is 3.16. The Kier molecular flexibility index (Phi) is 6.19. The number of fused-ring (bicyclic) bond motifs is 1. The summed E-state index contributed by atoms with van der Waals surface area (Å²) in [7, 11) is 0. The summed E-state index contributed by atoms with van der Waals surface area (Å²) in [6.07, 6.45) is 0.868. The third-order valence-electron chi connectivity index (χ3n) is 5.01. The lowest BCUT2D eigenvalue weighted by Gasteiger charge is -2.23. The fourth-order valence-corrected chi connectivity index (χ4v) is 3.92. The standard InChI is InChI=1S/C25H27N5OS/c1-5-32-29-19-13-10-18(11-14-19)23-20(16-31)24(30(28-23)25(2,3)4)27-22-15-12-17-8-6-7-9-21(17)26-22/h6-16,29H,5H2,1-4H3,(H,26,27). The van der Waals surface area contributed by atoms with E-state index in [0.717, 1.165) is 34.2 Å². The molecule has 0 atom stereocenters. The highest BCUT2D eigenvalue weighted by atomic mass is 32.2. The number of nitrogens with one attached hydrogen (secondary N) is 2. The lowest BCUT2D eigenvalue weighted by Crippen LogP contribution is -2.25. The lowest BCUT2D eigenvalue weighted by molar-refractivity contribution is 0.112. The van der Waals surface area contributed by atoms with E-state index in [1.54, 1.807) is 11.9 Å². The zero-order chi connectivity index (χ0) is 22.7. The minimum absolute atomic E-state index is 0.339. The number of aldehydes is 1. The Hall–Kier alpha value is -3.32. The third-order valence-corrected chi connectivity index (χ3v) is 5.68. The smallest absolute Gasteiger partial charge is 0.156 e. The van der Waals surface area contributed by atoms with Gasteiger partial charge in [-0.2, -0.15) is 5.10 Å². The molecule has 0 fully saturated rings. The second kappa shape index (κ2) is 9.04. The molecule has 0 spiro atoms. The Morgan fingerprint density at radius 1 is 1.03 bits per heavy atom. The van der Waals surface area contributed by atoms with Gasteiger partial charge in [0.25, 0.3) is 0 Å². The third kappa shape index (κ3) is 4.48. The van der Waals surface area contributed by atoms with Crippen molar-refractivity contribution in [1.29, 1.82) is 0 Å². The molecular weight excluding hydrogens is 418 g/mol. The summed E-state index contributed by atoms with van der Waals surface area (Å²) in [5.41, 5.74) is 3.61. The number of carbonyl (C=O) groups is 1. The summed E-state index contributed by atoms with van der Waals surface area (Å²) in [6.45, 7) is 8.28. The van der Waals surface area contributed by atoms with Crippen LogP contribution in [0.5, 0.6) is 0 Å². The number of para-hydroxylation sites is 1. The zero-order valence-corrected chi connectivity index (χ0v) is 19.5. The maximum Gasteiger partial charge on any atom is 0.156 e. The first-order valence-corrected chi connectivity index (χ1v) is 11.6. The number of benzene rings is 2. The molecule has 0 aliphatic heterocycles. The van der Waals surface area contributed by atoms with Crippen LogP contribution in [0.2, 0.25) is 0 Å². The molecule has 0 unspecified atom stereocenters. The Morgan fingerprint density at radius 3 is 2.47 bits per heavy atom. The van der Waals surface area contributed by atoms with Crippen LogP contribution in [-0.4, -0.2) is 26.8 Å². The predicted molar refractivity (Wildman–Crippen MR) is 135 cm³/mol. The van der Waals surface area contributed by atoms with Gasteiger partial charge in [0, 0.05) is 22.4 Å². The molecule has 164 valence electrons. The number of nitrogens with zero attached hydrogens (tertiary/aromatic N) is 3. The maximum absolute atomic E-state index is 12.2. The predicted octanol–water partition coefficient (Wildman–Crippen LogP) is 6.49. The molecule has 0 aliphatic carbocycles. The second-order valence-electron chi connectivity index (χ2n) is 8.44. The number of rotatable bonds is 7. The largest absolute Gasteiger partial charge is 0.330 e. The maximum atomic E-state index is 12.2. The van der Waals surface area contributed by atoms with Crippen LogP contribution in [0.3, 0.4) is 0 Å². The van der Waals surface area contributed by atoms with Gasteiger partial charge in [0.1, 0.15) is 17.3 Å². The second-order valence-corrected chi connectivity index (χ2v) is 9.51. The summed E-state index contributed by atoms with van der Waals surface area (Å²) in [5.74, 6) is 2.28. The van der Waals surface area contributed by atoms with Crippen LogP contribution in [0.1, 0.15) is 38.1 Å². The molecule has 0 saturated carbocycles. The minimum atomic E-state index is -0.339. The fraction of sp³-hybridized carbons (Fsp3) is 0.240. The van der Waals surface area contributed by atoms with Gasteiger partial charge in [-0.05, 0) is 51.1 Å². The number of hydrogen-bond donors (Lipinski definition) is 2. The van der Waals surface area contributed by atoms with Crippen molar-refractivity contribution in [2.75, 3.05) is 15.8 Å². The van der Waals surface area contributed by atoms with Crippen LogP contribution in [0, 0.1) is 0 Å². The highest BCUT2D eigenvalue weighted by molar-refractivity contribution is 8.00. The van der Waals surface area contributed by atoms with Gasteiger partial charge < -0.3 is 10.0 Å². The quantitative estimate of drug-likeness (QED) is 0.250. The van der Waals surface area contributed by atoms with E-state index >= 15 is 0 Å². The van der Waals surface area contributed by atoms with Crippen LogP contribution >= 0.6 is 11.9 Å². The highest BCUT2D eigenvalue weighted by Crippen LogP contribution is 2.34. The molecule has 2 heterocycles. The number of carbonyl (C=O) groups excluding carboxylic acids is 1. The van der Waals surface area contributed by atoms with Crippen LogP contribution in [0.4, 0.5) is 17.3 Å². The van der Waals surface area contributed by atoms with Crippen LogP contribution < -0.4 is 10.0 Å². The molecular formula is C25H27N5OS. The molecule has 2 aromatic heterocycles. The van der Waals surface area contributed by atoms with Crippen molar-refractivity contribution < 1.29 is 4.79 Å². The molecule has 4 rings (SSSR count). The molecule has 2 N–H and O–H groups in total. The fourth-order valence-electron chi connectivity index (χ4n) is 3.47. The van der Waals surface area contributed by atoms with Crippen molar-refractivity contribution in [2.45, 2.75) is 33.2 Å². The van der Waals surface area contributed by atoms with Crippen molar-refractivity contribution in [2.24, 2.45) is 0 Å². The van der Waals surface area contributed by atoms with E-state index in [2.05, 4.69) is 37.7 Å². The topological polar surface area (TPSA) is 71.8 Å². The van der Waals surface area contributed by atoms with E-state index in [4.69, 9.17) is 10.1 Å². The number of pyridine rings is 1. The molecule has 6 nitrogen and oxygen atoms in total. The van der Waals surface area contributed by atoms with E-state index in [1.165, 1.54) is 0 Å². The first-order chi connectivity index (χ1) is 15.4. The number of anilines is 3. The number of aromatic nitrogens is 3. The van der Waals surface area contributed by atoms with E-state index < -0.39 is 0 Å². The minimum Gasteiger partial charge on any atom is -0.330 e. The monoisotopic (exact) mass is 445 g/mol. The first-order valence-electron chi connectivity index (χ1n) is 10.6. The van der Waals surface area contributed by atoms with Gasteiger partial charge in [-0.25, -0.2) is 9.67 Å². The first kappa shape index (κ1) is 21.9. The Labute approximate surface area is 192 Å². The van der Waals surface area contributed by atoms with E-state index in [9.17, 15) is 4.79 Å². The van der Waals surface area contributed by atoms with Gasteiger partial charge in [0.15, 0.2) is 6.29 Å². The number of hydrogen-bond acceptors (Lipinski definition) is 6. The van der Waals surface area contributed by atoms with Crippen molar-refractivity contribution in [3.8, 4) is 11.3 Å². The Morgan fingerprint density at radius 2 is 1.78 bits per heavy atom. The molecule has 0 radical (unpaired) electrons. The zero-order valence-electron chi connectivity index (χ0n) is 18.7. The molecule has 0 bridgehead atoms. The summed E-state index contributed by atoms with van der Waals surface area (Å²) >= 11 is 1.64. The van der Waals surface area contributed by atoms with Gasteiger partial charge in [0.2, 0.25) is 0 Å². The van der Waals surface area contributed by atoms with Crippen molar-refractivity contribution in [3.05, 3.63) is 66.2 Å². The van der Waals surface area contributed by atoms with Crippen LogP contribution in [-0.2, 0) is 5.54 Å². The summed E-state index contributed by atoms with van der Waals surface area (Å²) in [6, 6.07) is 19.9. The van der Waals surface area contributed by atoms with Crippen LogP contribution in [0.15, 0.2) is 60.7 Å². The SMILES string of the molecule is CCSNc1ccc(-c2nn(C(C)(C)C)c(Nc3ccc4ccccc4n3)c2C=O)cc1. The van der Waals surface area contributed by atoms with Crippen molar-refractivity contribution >= 4 is 46.5 Å². The normalized spacial score (nSPS) is 11.5. The van der Waals surface area contributed by atoms with Gasteiger partial charge in [-0.15, -0.1) is 0 Å². The molecule has 7 heteroatoms. The molecule has 32 heavy (non-hydrogen) atoms. The van der Waals surface area contributed by atoms with Gasteiger partial charge >= 0.3 is 0 Å². The van der Waals surface area contributed by atoms with E-state index in [1.807, 2.05) is 65.3 Å². The van der Waals surface area contributed by atoms with Crippen molar-refractivity contribution in [1.82, 2.24) is 14.8 Å². The van der Waals surface area contributed by atoms with Gasteiger partial charge in [-0.3, -0.25) is 4.79 Å². The summed E-state index contributed by atoms with van der Waals surface area (Å²) < 4.78 is 5.15. The van der Waals surface area contributed by atoms with Crippen LogP contribution in [0.25, 0.3) is 22.2 Å². The highest BCUT2D eigenvalue weighted by Gasteiger charge is 2.26. The molecule has 0 aliphatic rings. The van der Waals surface area contributed by atoms with Gasteiger partial charge in [0.05, 0.1) is 16.6 Å².